The van der Waals surface area contributed by atoms with Gasteiger partial charge in [0.2, 0.25) is 0 Å². The summed E-state index contributed by atoms with van der Waals surface area (Å²) in [7, 11) is 0. The van der Waals surface area contributed by atoms with Crippen LogP contribution in [0.2, 0.25) is 0 Å². The second-order valence-electron chi connectivity index (χ2n) is 5.90. The highest BCUT2D eigenvalue weighted by Gasteiger charge is 2.09. The number of aromatic nitrogens is 3. The molecule has 0 saturated carbocycles. The molecular formula is C17H20N4O. The van der Waals surface area contributed by atoms with Crippen molar-refractivity contribution in [2.45, 2.75) is 20.8 Å². The third-order valence-electron chi connectivity index (χ3n) is 3.33. The molecule has 0 atom stereocenters. The van der Waals surface area contributed by atoms with Gasteiger partial charge in [0.1, 0.15) is 5.75 Å². The van der Waals surface area contributed by atoms with Crippen molar-refractivity contribution < 1.29 is 4.74 Å². The molecule has 2 aromatic heterocycles. The maximum Gasteiger partial charge on any atom is 0.182 e. The van der Waals surface area contributed by atoms with Crippen molar-refractivity contribution >= 4 is 11.3 Å². The molecule has 1 aromatic carbocycles. The summed E-state index contributed by atoms with van der Waals surface area (Å²) in [5, 5.41) is 4.48. The van der Waals surface area contributed by atoms with Crippen LogP contribution in [0, 0.1) is 12.8 Å². The van der Waals surface area contributed by atoms with Crippen LogP contribution in [0.25, 0.3) is 17.0 Å². The number of hydrogen-bond acceptors (Lipinski definition) is 4. The Labute approximate surface area is 129 Å². The molecule has 2 heterocycles. The largest absolute Gasteiger partial charge is 0.491 e. The SMILES string of the molecule is Cc1ccn2nc(-c3ccc(OCC(C)C)c(N)c3)nc2c1. The van der Waals surface area contributed by atoms with Gasteiger partial charge in [0.25, 0.3) is 0 Å². The van der Waals surface area contributed by atoms with Crippen molar-refractivity contribution in [3.63, 3.8) is 0 Å². The van der Waals surface area contributed by atoms with E-state index in [1.807, 2.05) is 43.5 Å². The van der Waals surface area contributed by atoms with Crippen LogP contribution < -0.4 is 10.5 Å². The molecule has 0 amide bonds. The molecule has 5 heteroatoms. The van der Waals surface area contributed by atoms with Gasteiger partial charge >= 0.3 is 0 Å². The summed E-state index contributed by atoms with van der Waals surface area (Å²) < 4.78 is 7.46. The Hall–Kier alpha value is -2.56. The van der Waals surface area contributed by atoms with Gasteiger partial charge in [-0.2, -0.15) is 0 Å². The first-order valence-corrected chi connectivity index (χ1v) is 7.38. The molecule has 0 saturated heterocycles. The van der Waals surface area contributed by atoms with Gasteiger partial charge in [-0.05, 0) is 48.7 Å². The number of nitrogens with two attached hydrogens (primary N) is 1. The van der Waals surface area contributed by atoms with E-state index in [4.69, 9.17) is 10.5 Å². The molecule has 2 N–H and O–H groups in total. The molecule has 3 aromatic rings. The van der Waals surface area contributed by atoms with Gasteiger partial charge in [0.15, 0.2) is 11.5 Å². The number of rotatable bonds is 4. The van der Waals surface area contributed by atoms with Crippen molar-refractivity contribution in [1.82, 2.24) is 14.6 Å². The lowest BCUT2D eigenvalue weighted by atomic mass is 10.2. The number of fused-ring (bicyclic) bond motifs is 1. The highest BCUT2D eigenvalue weighted by molar-refractivity contribution is 5.67. The van der Waals surface area contributed by atoms with Gasteiger partial charge in [-0.1, -0.05) is 13.8 Å². The quantitative estimate of drug-likeness (QED) is 0.750. The minimum absolute atomic E-state index is 0.461. The average molecular weight is 296 g/mol. The number of benzene rings is 1. The van der Waals surface area contributed by atoms with E-state index in [2.05, 4.69) is 23.9 Å². The summed E-state index contributed by atoms with van der Waals surface area (Å²) >= 11 is 0. The van der Waals surface area contributed by atoms with E-state index < -0.39 is 0 Å². The van der Waals surface area contributed by atoms with Crippen molar-refractivity contribution in [3.05, 3.63) is 42.1 Å². The van der Waals surface area contributed by atoms with Gasteiger partial charge in [0.05, 0.1) is 12.3 Å². The lowest BCUT2D eigenvalue weighted by Gasteiger charge is -2.11. The lowest BCUT2D eigenvalue weighted by Crippen LogP contribution is -2.06. The van der Waals surface area contributed by atoms with E-state index in [1.54, 1.807) is 4.52 Å². The number of anilines is 1. The highest BCUT2D eigenvalue weighted by atomic mass is 16.5. The maximum atomic E-state index is 6.08. The smallest absolute Gasteiger partial charge is 0.182 e. The Bertz CT molecular complexity index is 808. The molecule has 0 bridgehead atoms. The zero-order valence-corrected chi connectivity index (χ0v) is 13.1. The summed E-state index contributed by atoms with van der Waals surface area (Å²) in [4.78, 5) is 4.54. The number of hydrogen-bond donors (Lipinski definition) is 1. The van der Waals surface area contributed by atoms with E-state index in [-0.39, 0.29) is 0 Å². The fraction of sp³-hybridized carbons (Fsp3) is 0.294. The van der Waals surface area contributed by atoms with Crippen LogP contribution in [0.15, 0.2) is 36.5 Å². The van der Waals surface area contributed by atoms with E-state index >= 15 is 0 Å². The van der Waals surface area contributed by atoms with Crippen molar-refractivity contribution in [2.24, 2.45) is 5.92 Å². The van der Waals surface area contributed by atoms with Gasteiger partial charge in [-0.25, -0.2) is 9.50 Å². The summed E-state index contributed by atoms with van der Waals surface area (Å²) in [6, 6.07) is 9.68. The lowest BCUT2D eigenvalue weighted by molar-refractivity contribution is 0.272. The van der Waals surface area contributed by atoms with Crippen LogP contribution in [0.1, 0.15) is 19.4 Å². The Kier molecular flexibility index (Phi) is 3.71. The van der Waals surface area contributed by atoms with E-state index in [1.165, 1.54) is 0 Å². The number of ether oxygens (including phenoxy) is 1. The van der Waals surface area contributed by atoms with Crippen molar-refractivity contribution in [1.29, 1.82) is 0 Å². The predicted octanol–water partition coefficient (Wildman–Crippen LogP) is 3.32. The molecular weight excluding hydrogens is 276 g/mol. The summed E-state index contributed by atoms with van der Waals surface area (Å²) in [6.45, 7) is 6.89. The molecule has 0 radical (unpaired) electrons. The van der Waals surface area contributed by atoms with E-state index in [9.17, 15) is 0 Å². The van der Waals surface area contributed by atoms with Gasteiger partial charge in [-0.15, -0.1) is 5.10 Å². The Morgan fingerprint density at radius 3 is 2.77 bits per heavy atom. The van der Waals surface area contributed by atoms with Crippen molar-refractivity contribution in [3.8, 4) is 17.1 Å². The molecule has 0 aliphatic heterocycles. The normalized spacial score (nSPS) is 11.3. The summed E-state index contributed by atoms with van der Waals surface area (Å²) in [6.07, 6.45) is 1.91. The summed E-state index contributed by atoms with van der Waals surface area (Å²) in [5.74, 6) is 1.83. The fourth-order valence-electron chi connectivity index (χ4n) is 2.18. The van der Waals surface area contributed by atoms with Crippen molar-refractivity contribution in [2.75, 3.05) is 12.3 Å². The van der Waals surface area contributed by atoms with Crippen LogP contribution in [0.5, 0.6) is 5.75 Å². The van der Waals surface area contributed by atoms with Crippen LogP contribution in [-0.2, 0) is 0 Å². The molecule has 114 valence electrons. The molecule has 0 aliphatic carbocycles. The van der Waals surface area contributed by atoms with E-state index in [0.29, 0.717) is 29.8 Å². The second kappa shape index (κ2) is 5.67. The zero-order chi connectivity index (χ0) is 15.7. The molecule has 0 fully saturated rings. The third-order valence-corrected chi connectivity index (χ3v) is 3.33. The standard InChI is InChI=1S/C17H20N4O/c1-11(2)10-22-15-5-4-13(9-14(15)18)17-19-16-8-12(3)6-7-21(16)20-17/h4-9,11H,10,18H2,1-3H3. The fourth-order valence-corrected chi connectivity index (χ4v) is 2.18. The Balaban J connectivity index is 1.91. The Morgan fingerprint density at radius 2 is 2.05 bits per heavy atom. The minimum atomic E-state index is 0.461. The zero-order valence-electron chi connectivity index (χ0n) is 13.1. The van der Waals surface area contributed by atoms with Crippen LogP contribution >= 0.6 is 0 Å². The molecule has 0 spiro atoms. The average Bonchev–Trinajstić information content (AvgIpc) is 2.88. The molecule has 0 unspecified atom stereocenters. The highest BCUT2D eigenvalue weighted by Crippen LogP contribution is 2.27. The number of aryl methyl sites for hydroxylation is 1. The number of pyridine rings is 1. The first-order valence-electron chi connectivity index (χ1n) is 7.38. The van der Waals surface area contributed by atoms with Crippen LogP contribution in [-0.4, -0.2) is 21.2 Å². The van der Waals surface area contributed by atoms with Crippen LogP contribution in [0.3, 0.4) is 0 Å². The molecule has 3 rings (SSSR count). The van der Waals surface area contributed by atoms with Crippen LogP contribution in [0.4, 0.5) is 5.69 Å². The number of nitrogens with zero attached hydrogens (tertiary/aromatic N) is 3. The van der Waals surface area contributed by atoms with E-state index in [0.717, 1.165) is 16.8 Å². The van der Waals surface area contributed by atoms with Gasteiger partial charge in [0, 0.05) is 11.8 Å². The maximum absolute atomic E-state index is 6.08. The monoisotopic (exact) mass is 296 g/mol. The molecule has 22 heavy (non-hydrogen) atoms. The Morgan fingerprint density at radius 1 is 1.23 bits per heavy atom. The third kappa shape index (κ3) is 2.88. The topological polar surface area (TPSA) is 65.4 Å². The summed E-state index contributed by atoms with van der Waals surface area (Å²) in [5.41, 5.74) is 9.55. The first-order chi connectivity index (χ1) is 10.5. The first kappa shape index (κ1) is 14.4. The second-order valence-corrected chi connectivity index (χ2v) is 5.90. The molecule has 0 aliphatic rings. The molecule has 5 nitrogen and oxygen atoms in total. The van der Waals surface area contributed by atoms with Gasteiger partial charge in [-0.3, -0.25) is 0 Å². The van der Waals surface area contributed by atoms with Gasteiger partial charge < -0.3 is 10.5 Å². The predicted molar refractivity (Wildman–Crippen MR) is 87.9 cm³/mol. The minimum Gasteiger partial charge on any atom is -0.491 e. The number of nitrogen functional groups attached to an aromatic ring is 1.